The van der Waals surface area contributed by atoms with Gasteiger partial charge in [-0.15, -0.1) is 0 Å². The Hall–Kier alpha value is -3.74. The van der Waals surface area contributed by atoms with Gasteiger partial charge in [-0.05, 0) is 56.3 Å². The monoisotopic (exact) mass is 394 g/mol. The molecule has 0 unspecified atom stereocenters. The Morgan fingerprint density at radius 3 is 2.38 bits per heavy atom. The van der Waals surface area contributed by atoms with E-state index in [0.29, 0.717) is 22.9 Å². The van der Waals surface area contributed by atoms with Crippen LogP contribution in [0.4, 0.5) is 11.4 Å². The first-order valence-electron chi connectivity index (χ1n) is 8.97. The molecule has 0 atom stereocenters. The molecule has 0 radical (unpaired) electrons. The first-order valence-corrected chi connectivity index (χ1v) is 8.97. The van der Waals surface area contributed by atoms with Gasteiger partial charge >= 0.3 is 0 Å². The van der Waals surface area contributed by atoms with Crippen molar-refractivity contribution in [2.24, 2.45) is 0 Å². The lowest BCUT2D eigenvalue weighted by Gasteiger charge is -2.26. The van der Waals surface area contributed by atoms with Gasteiger partial charge in [-0.25, -0.2) is 0 Å². The van der Waals surface area contributed by atoms with Crippen molar-refractivity contribution in [3.63, 3.8) is 0 Å². The van der Waals surface area contributed by atoms with E-state index in [1.807, 2.05) is 18.2 Å². The highest BCUT2D eigenvalue weighted by Gasteiger charge is 2.30. The molecule has 7 nitrogen and oxygen atoms in total. The molecule has 1 aromatic heterocycles. The van der Waals surface area contributed by atoms with Crippen molar-refractivity contribution in [3.05, 3.63) is 72.7 Å². The molecule has 0 aliphatic rings. The minimum atomic E-state index is -1.14. The maximum Gasteiger partial charge on any atom is 0.291 e. The summed E-state index contributed by atoms with van der Waals surface area (Å²) < 4.78 is 16.2. The Labute approximate surface area is 168 Å². The van der Waals surface area contributed by atoms with Crippen LogP contribution >= 0.6 is 0 Å². The zero-order valence-electron chi connectivity index (χ0n) is 16.4. The van der Waals surface area contributed by atoms with E-state index in [4.69, 9.17) is 13.9 Å². The van der Waals surface area contributed by atoms with E-state index >= 15 is 0 Å². The average Bonchev–Trinajstić information content (AvgIpc) is 3.24. The third-order valence-corrected chi connectivity index (χ3v) is 4.11. The molecule has 3 rings (SSSR count). The quantitative estimate of drug-likeness (QED) is 0.622. The molecule has 0 saturated heterocycles. The highest BCUT2D eigenvalue weighted by atomic mass is 16.5. The molecule has 2 amide bonds. The van der Waals surface area contributed by atoms with Gasteiger partial charge in [0.25, 0.3) is 11.8 Å². The summed E-state index contributed by atoms with van der Waals surface area (Å²) in [5.41, 5.74) is -0.261. The number of amides is 2. The fourth-order valence-corrected chi connectivity index (χ4v) is 2.59. The van der Waals surface area contributed by atoms with E-state index in [9.17, 15) is 9.59 Å². The molecule has 150 valence electrons. The molecule has 29 heavy (non-hydrogen) atoms. The maximum atomic E-state index is 12.8. The molecule has 7 heteroatoms. The lowest BCUT2D eigenvalue weighted by Crippen LogP contribution is -2.42. The predicted molar refractivity (Wildman–Crippen MR) is 109 cm³/mol. The Bertz CT molecular complexity index is 982. The van der Waals surface area contributed by atoms with E-state index in [0.717, 1.165) is 0 Å². The second kappa shape index (κ2) is 8.52. The minimum absolute atomic E-state index is 0.184. The fourth-order valence-electron chi connectivity index (χ4n) is 2.59. The standard InChI is InChI=1S/C22H22N2O5/c1-22(2,29-16-8-5-4-6-9-16)21(26)24-17-14-15(11-12-18(17)27-3)23-20(25)19-10-7-13-28-19/h4-14H,1-3H3,(H,23,25)(H,24,26). The average molecular weight is 394 g/mol. The number of hydrogen-bond acceptors (Lipinski definition) is 5. The normalized spacial score (nSPS) is 10.9. The van der Waals surface area contributed by atoms with Gasteiger partial charge in [-0.1, -0.05) is 18.2 Å². The molecule has 0 spiro atoms. The van der Waals surface area contributed by atoms with Gasteiger partial charge in [0, 0.05) is 5.69 Å². The molecule has 2 aromatic carbocycles. The van der Waals surface area contributed by atoms with E-state index in [1.165, 1.54) is 13.4 Å². The molecule has 1 heterocycles. The molecular weight excluding hydrogens is 372 g/mol. The van der Waals surface area contributed by atoms with Gasteiger partial charge in [-0.3, -0.25) is 9.59 Å². The number of para-hydroxylation sites is 1. The summed E-state index contributed by atoms with van der Waals surface area (Å²) in [6.45, 7) is 3.34. The molecule has 0 saturated carbocycles. The second-order valence-corrected chi connectivity index (χ2v) is 6.73. The fraction of sp³-hybridized carbons (Fsp3) is 0.182. The van der Waals surface area contributed by atoms with Crippen LogP contribution in [0, 0.1) is 0 Å². The number of hydrogen-bond donors (Lipinski definition) is 2. The molecule has 2 N–H and O–H groups in total. The highest BCUT2D eigenvalue weighted by Crippen LogP contribution is 2.29. The van der Waals surface area contributed by atoms with Crippen LogP contribution in [0.25, 0.3) is 0 Å². The molecule has 3 aromatic rings. The summed E-state index contributed by atoms with van der Waals surface area (Å²) in [6.07, 6.45) is 1.42. The minimum Gasteiger partial charge on any atom is -0.495 e. The van der Waals surface area contributed by atoms with Crippen molar-refractivity contribution in [1.29, 1.82) is 0 Å². The lowest BCUT2D eigenvalue weighted by atomic mass is 10.1. The van der Waals surface area contributed by atoms with Gasteiger partial charge < -0.3 is 24.5 Å². The Morgan fingerprint density at radius 2 is 1.72 bits per heavy atom. The summed E-state index contributed by atoms with van der Waals surface area (Å²) in [4.78, 5) is 25.0. The van der Waals surface area contributed by atoms with E-state index < -0.39 is 11.5 Å². The SMILES string of the molecule is COc1ccc(NC(=O)c2ccco2)cc1NC(=O)C(C)(C)Oc1ccccc1. The van der Waals surface area contributed by atoms with Gasteiger partial charge in [0.2, 0.25) is 0 Å². The number of anilines is 2. The van der Waals surface area contributed by atoms with Gasteiger partial charge in [-0.2, -0.15) is 0 Å². The first kappa shape index (κ1) is 20.0. The maximum absolute atomic E-state index is 12.8. The zero-order valence-corrected chi connectivity index (χ0v) is 16.4. The summed E-state index contributed by atoms with van der Waals surface area (Å²) in [5.74, 6) is 0.451. The molecule has 0 bridgehead atoms. The predicted octanol–water partition coefficient (Wildman–Crippen LogP) is 4.34. The van der Waals surface area contributed by atoms with Crippen LogP contribution in [0.3, 0.4) is 0 Å². The van der Waals surface area contributed by atoms with Crippen LogP contribution < -0.4 is 20.1 Å². The van der Waals surface area contributed by atoms with Crippen molar-refractivity contribution in [1.82, 2.24) is 0 Å². The van der Waals surface area contributed by atoms with Crippen LogP contribution in [-0.2, 0) is 4.79 Å². The van der Waals surface area contributed by atoms with Crippen molar-refractivity contribution < 1.29 is 23.5 Å². The molecular formula is C22H22N2O5. The first-order chi connectivity index (χ1) is 13.9. The third kappa shape index (κ3) is 4.95. The van der Waals surface area contributed by atoms with Crippen molar-refractivity contribution >= 4 is 23.2 Å². The molecule has 0 fully saturated rings. The largest absolute Gasteiger partial charge is 0.495 e. The number of rotatable bonds is 7. The second-order valence-electron chi connectivity index (χ2n) is 6.73. The number of carbonyl (C=O) groups is 2. The number of furan rings is 1. The van der Waals surface area contributed by atoms with Crippen LogP contribution in [0.1, 0.15) is 24.4 Å². The van der Waals surface area contributed by atoms with E-state index in [2.05, 4.69) is 10.6 Å². The van der Waals surface area contributed by atoms with Crippen molar-refractivity contribution in [2.75, 3.05) is 17.7 Å². The van der Waals surface area contributed by atoms with Gasteiger partial charge in [0.15, 0.2) is 11.4 Å². The van der Waals surface area contributed by atoms with Gasteiger partial charge in [0.05, 0.1) is 19.1 Å². The van der Waals surface area contributed by atoms with Crippen molar-refractivity contribution in [3.8, 4) is 11.5 Å². The Balaban J connectivity index is 1.76. The van der Waals surface area contributed by atoms with Crippen LogP contribution in [-0.4, -0.2) is 24.5 Å². The molecule has 0 aliphatic heterocycles. The molecule has 0 aliphatic carbocycles. The summed E-state index contributed by atoms with van der Waals surface area (Å²) in [6, 6.07) is 17.2. The van der Waals surface area contributed by atoms with Gasteiger partial charge in [0.1, 0.15) is 11.5 Å². The summed E-state index contributed by atoms with van der Waals surface area (Å²) in [7, 11) is 1.50. The summed E-state index contributed by atoms with van der Waals surface area (Å²) >= 11 is 0. The zero-order chi connectivity index (χ0) is 20.9. The summed E-state index contributed by atoms with van der Waals surface area (Å²) in [5, 5.41) is 5.52. The Morgan fingerprint density at radius 1 is 0.966 bits per heavy atom. The number of nitrogens with one attached hydrogen (secondary N) is 2. The van der Waals surface area contributed by atoms with Crippen LogP contribution in [0.2, 0.25) is 0 Å². The topological polar surface area (TPSA) is 89.8 Å². The smallest absolute Gasteiger partial charge is 0.291 e. The Kier molecular flexibility index (Phi) is 5.87. The van der Waals surface area contributed by atoms with Crippen molar-refractivity contribution in [2.45, 2.75) is 19.4 Å². The number of carbonyl (C=O) groups excluding carboxylic acids is 2. The highest BCUT2D eigenvalue weighted by molar-refractivity contribution is 6.03. The number of benzene rings is 2. The van der Waals surface area contributed by atoms with E-state index in [1.54, 1.807) is 56.3 Å². The lowest BCUT2D eigenvalue weighted by molar-refractivity contribution is -0.128. The number of ether oxygens (including phenoxy) is 2. The van der Waals surface area contributed by atoms with Crippen LogP contribution in [0.5, 0.6) is 11.5 Å². The van der Waals surface area contributed by atoms with E-state index in [-0.39, 0.29) is 11.7 Å². The number of methoxy groups -OCH3 is 1. The van der Waals surface area contributed by atoms with Crippen LogP contribution in [0.15, 0.2) is 71.3 Å². The third-order valence-electron chi connectivity index (χ3n) is 4.11.